The summed E-state index contributed by atoms with van der Waals surface area (Å²) in [6.07, 6.45) is 7.14. The number of aromatic nitrogens is 3. The molecule has 2 aromatic rings. The smallest absolute Gasteiger partial charge is 0.339 e. The van der Waals surface area contributed by atoms with Crippen molar-refractivity contribution in [3.8, 4) is 0 Å². The van der Waals surface area contributed by atoms with Crippen molar-refractivity contribution in [2.75, 3.05) is 13.7 Å². The monoisotopic (exact) mass is 445 g/mol. The molecule has 2 aliphatic rings. The first-order valence-corrected chi connectivity index (χ1v) is 14.5. The second-order valence-electron chi connectivity index (χ2n) is 9.56. The summed E-state index contributed by atoms with van der Waals surface area (Å²) < 4.78 is 7.50. The zero-order chi connectivity index (χ0) is 22.3. The number of aromatic carboxylic acids is 1. The summed E-state index contributed by atoms with van der Waals surface area (Å²) in [5.41, 5.74) is 3.69. The maximum atomic E-state index is 11.9. The summed E-state index contributed by atoms with van der Waals surface area (Å²) in [7, 11) is 0.633. The lowest BCUT2D eigenvalue weighted by Crippen LogP contribution is -2.33. The number of hydrogen-bond acceptors (Lipinski definition) is 7. The third kappa shape index (κ3) is 4.25. The summed E-state index contributed by atoms with van der Waals surface area (Å²) in [4.78, 5) is 21.1. The lowest BCUT2D eigenvalue weighted by molar-refractivity contribution is -0.229. The van der Waals surface area contributed by atoms with Crippen molar-refractivity contribution in [1.82, 2.24) is 24.7 Å². The van der Waals surface area contributed by atoms with Crippen LogP contribution in [0, 0.1) is 0 Å². The zero-order valence-corrected chi connectivity index (χ0v) is 19.6. The maximum absolute atomic E-state index is 11.9. The molecule has 2 N–H and O–H groups in total. The van der Waals surface area contributed by atoms with Gasteiger partial charge in [-0.2, -0.15) is 0 Å². The van der Waals surface area contributed by atoms with E-state index in [1.165, 1.54) is 11.4 Å². The van der Waals surface area contributed by atoms with Gasteiger partial charge in [-0.3, -0.25) is 10.2 Å². The van der Waals surface area contributed by atoms with Crippen molar-refractivity contribution in [3.05, 3.63) is 34.9 Å². The molecule has 0 saturated heterocycles. The molecule has 0 amide bonds. The van der Waals surface area contributed by atoms with E-state index < -0.39 is 20.1 Å². The van der Waals surface area contributed by atoms with E-state index in [0.717, 1.165) is 43.0 Å². The molecule has 9 nitrogen and oxygen atoms in total. The van der Waals surface area contributed by atoms with Gasteiger partial charge < -0.3 is 14.4 Å². The highest BCUT2D eigenvalue weighted by atomic mass is 28.3. The van der Waals surface area contributed by atoms with Crippen LogP contribution in [0.2, 0.25) is 25.7 Å². The van der Waals surface area contributed by atoms with E-state index in [4.69, 9.17) is 4.74 Å². The molecule has 0 radical (unpaired) electrons. The van der Waals surface area contributed by atoms with Crippen LogP contribution in [0.25, 0.3) is 11.2 Å². The van der Waals surface area contributed by atoms with Crippen LogP contribution in [0.1, 0.15) is 47.8 Å². The van der Waals surface area contributed by atoms with Crippen LogP contribution in [0.5, 0.6) is 0 Å². The fourth-order valence-corrected chi connectivity index (χ4v) is 5.06. The number of nitrogens with zero attached hydrogens (tertiary/aromatic N) is 5. The van der Waals surface area contributed by atoms with Crippen molar-refractivity contribution >= 4 is 25.2 Å². The van der Waals surface area contributed by atoms with E-state index in [1.54, 1.807) is 15.8 Å². The van der Waals surface area contributed by atoms with Crippen molar-refractivity contribution in [2.24, 2.45) is 0 Å². The average molecular weight is 446 g/mol. The number of allylic oxidation sites excluding steroid dienone is 1. The molecule has 2 aromatic heterocycles. The number of carboxylic acids is 1. The van der Waals surface area contributed by atoms with Crippen molar-refractivity contribution < 1.29 is 19.8 Å². The number of hydroxylamine groups is 1. The van der Waals surface area contributed by atoms with E-state index in [0.29, 0.717) is 23.5 Å². The summed E-state index contributed by atoms with van der Waals surface area (Å²) in [5.74, 6) is -1.06. The SMILES string of the molecule is CN1C2=C(CCCC2)C(c2cnc3c(n2)c(C(=O)O)cn3COCC[Si](C)(C)C)N1O. The quantitative estimate of drug-likeness (QED) is 0.489. The Morgan fingerprint density at radius 2 is 2.03 bits per heavy atom. The van der Waals surface area contributed by atoms with Crippen LogP contribution in [-0.4, -0.2) is 62.7 Å². The number of rotatable bonds is 7. The van der Waals surface area contributed by atoms with Crippen LogP contribution >= 0.6 is 0 Å². The fraction of sp³-hybridized carbons (Fsp3) is 0.571. The summed E-state index contributed by atoms with van der Waals surface area (Å²) in [5, 5.41) is 23.4. The first-order valence-electron chi connectivity index (χ1n) is 10.8. The van der Waals surface area contributed by atoms with Crippen LogP contribution in [0.4, 0.5) is 0 Å². The standard InChI is InChI=1S/C21H31N5O4Si/c1-24-17-8-6-5-7-14(17)19(26(24)29)16-11-22-20-18(23-16)15(21(27)28)12-25(20)13-30-9-10-31(2,3)4/h11-12,19,29H,5-10,13H2,1-4H3,(H,27,28). The number of carbonyl (C=O) groups is 1. The average Bonchev–Trinajstić information content (AvgIpc) is 3.20. The van der Waals surface area contributed by atoms with Crippen molar-refractivity contribution in [2.45, 2.75) is 64.1 Å². The normalized spacial score (nSPS) is 20.0. The molecule has 168 valence electrons. The van der Waals surface area contributed by atoms with E-state index in [-0.39, 0.29) is 12.3 Å². The topological polar surface area (TPSA) is 104 Å². The fourth-order valence-electron chi connectivity index (χ4n) is 4.30. The third-order valence-electron chi connectivity index (χ3n) is 6.06. The van der Waals surface area contributed by atoms with E-state index in [9.17, 15) is 15.1 Å². The van der Waals surface area contributed by atoms with Gasteiger partial charge >= 0.3 is 5.97 Å². The van der Waals surface area contributed by atoms with Gasteiger partial charge in [0.05, 0.1) is 11.9 Å². The number of hydrogen-bond donors (Lipinski definition) is 2. The highest BCUT2D eigenvalue weighted by Crippen LogP contribution is 2.44. The van der Waals surface area contributed by atoms with Crippen molar-refractivity contribution in [3.63, 3.8) is 0 Å². The van der Waals surface area contributed by atoms with Gasteiger partial charge in [0.2, 0.25) is 0 Å². The van der Waals surface area contributed by atoms with Crippen LogP contribution in [0.3, 0.4) is 0 Å². The van der Waals surface area contributed by atoms with Gasteiger partial charge in [-0.25, -0.2) is 14.8 Å². The van der Waals surface area contributed by atoms with Crippen LogP contribution in [0.15, 0.2) is 23.7 Å². The largest absolute Gasteiger partial charge is 0.478 e. The molecule has 31 heavy (non-hydrogen) atoms. The minimum atomic E-state index is -1.20. The third-order valence-corrected chi connectivity index (χ3v) is 7.76. The first-order chi connectivity index (χ1) is 14.7. The molecule has 1 atom stereocenters. The lowest BCUT2D eigenvalue weighted by Gasteiger charge is -2.26. The molecule has 10 heteroatoms. The molecular formula is C21H31N5O4Si. The van der Waals surface area contributed by atoms with E-state index in [2.05, 4.69) is 29.6 Å². The number of fused-ring (bicyclic) bond motifs is 1. The minimum Gasteiger partial charge on any atom is -0.478 e. The van der Waals surface area contributed by atoms with Crippen LogP contribution in [-0.2, 0) is 11.5 Å². The number of carboxylic acid groups (broad SMARTS) is 1. The second kappa shape index (κ2) is 8.34. The Hall–Kier alpha value is -2.27. The molecule has 0 bridgehead atoms. The Labute approximate surface area is 182 Å². The molecule has 3 heterocycles. The highest BCUT2D eigenvalue weighted by molar-refractivity contribution is 6.76. The molecule has 4 rings (SSSR count). The Kier molecular flexibility index (Phi) is 5.90. The van der Waals surface area contributed by atoms with Gasteiger partial charge in [-0.1, -0.05) is 24.8 Å². The van der Waals surface area contributed by atoms with Gasteiger partial charge in [0.15, 0.2) is 5.65 Å². The summed E-state index contributed by atoms with van der Waals surface area (Å²) in [6, 6.07) is 0.600. The molecular weight excluding hydrogens is 414 g/mol. The molecule has 0 fully saturated rings. The van der Waals surface area contributed by atoms with E-state index in [1.807, 2.05) is 7.05 Å². The Morgan fingerprint density at radius 1 is 1.29 bits per heavy atom. The Morgan fingerprint density at radius 3 is 2.74 bits per heavy atom. The molecule has 0 spiro atoms. The summed E-state index contributed by atoms with van der Waals surface area (Å²) in [6.45, 7) is 7.73. The van der Waals surface area contributed by atoms with Gasteiger partial charge in [-0.15, -0.1) is 0 Å². The Bertz CT molecular complexity index is 1030. The molecule has 0 aromatic carbocycles. The predicted octanol–water partition coefficient (Wildman–Crippen LogP) is 3.86. The molecule has 1 aliphatic carbocycles. The lowest BCUT2D eigenvalue weighted by atomic mass is 9.91. The van der Waals surface area contributed by atoms with E-state index >= 15 is 0 Å². The van der Waals surface area contributed by atoms with Gasteiger partial charge in [-0.05, 0) is 37.3 Å². The Balaban J connectivity index is 1.65. The molecule has 1 aliphatic heterocycles. The maximum Gasteiger partial charge on any atom is 0.339 e. The van der Waals surface area contributed by atoms with Crippen LogP contribution < -0.4 is 0 Å². The second-order valence-corrected chi connectivity index (χ2v) is 15.2. The number of ether oxygens (including phenoxy) is 1. The van der Waals surface area contributed by atoms with Gasteiger partial charge in [0, 0.05) is 33.6 Å². The summed E-state index contributed by atoms with van der Waals surface area (Å²) >= 11 is 0. The van der Waals surface area contributed by atoms with Crippen molar-refractivity contribution in [1.29, 1.82) is 0 Å². The first kappa shape index (κ1) is 21.9. The van der Waals surface area contributed by atoms with Gasteiger partial charge in [0.1, 0.15) is 23.9 Å². The van der Waals surface area contributed by atoms with Gasteiger partial charge in [0.25, 0.3) is 0 Å². The molecule has 1 unspecified atom stereocenters. The zero-order valence-electron chi connectivity index (χ0n) is 18.6. The molecule has 0 saturated carbocycles. The predicted molar refractivity (Wildman–Crippen MR) is 118 cm³/mol. The highest BCUT2D eigenvalue weighted by Gasteiger charge is 2.39. The number of hydrazine groups is 1. The minimum absolute atomic E-state index is 0.0897.